The number of thiazole rings is 1. The third-order valence-electron chi connectivity index (χ3n) is 4.03. The van der Waals surface area contributed by atoms with Gasteiger partial charge in [-0.3, -0.25) is 4.79 Å². The number of piperidine rings is 1. The second kappa shape index (κ2) is 8.34. The Morgan fingerprint density at radius 2 is 2.29 bits per heavy atom. The molecule has 1 aromatic rings. The SMILES string of the molecule is COC(=O)CCc1csc(NCCC2CCN(C)CC2)n1. The van der Waals surface area contributed by atoms with Crippen molar-refractivity contribution >= 4 is 22.4 Å². The number of esters is 1. The van der Waals surface area contributed by atoms with Crippen molar-refractivity contribution in [3.63, 3.8) is 0 Å². The number of likely N-dealkylation sites (tertiary alicyclic amines) is 1. The summed E-state index contributed by atoms with van der Waals surface area (Å²) in [5.74, 6) is 0.659. The highest BCUT2D eigenvalue weighted by atomic mass is 32.1. The first kappa shape index (κ1) is 16.2. The minimum absolute atomic E-state index is 0.181. The number of nitrogens with zero attached hydrogens (tertiary/aromatic N) is 2. The molecule has 0 aliphatic carbocycles. The van der Waals surface area contributed by atoms with Crippen molar-refractivity contribution in [2.24, 2.45) is 5.92 Å². The predicted molar refractivity (Wildman–Crippen MR) is 85.8 cm³/mol. The van der Waals surface area contributed by atoms with Gasteiger partial charge in [0.1, 0.15) is 0 Å². The predicted octanol–water partition coefficient (Wildman–Crippen LogP) is 2.39. The normalized spacial score (nSPS) is 16.9. The summed E-state index contributed by atoms with van der Waals surface area (Å²) >= 11 is 1.61. The van der Waals surface area contributed by atoms with E-state index in [4.69, 9.17) is 0 Å². The Kier molecular flexibility index (Phi) is 6.45. The number of hydrogen-bond donors (Lipinski definition) is 1. The molecule has 0 saturated carbocycles. The lowest BCUT2D eigenvalue weighted by atomic mass is 9.94. The highest BCUT2D eigenvalue weighted by Gasteiger charge is 2.16. The third kappa shape index (κ3) is 5.63. The summed E-state index contributed by atoms with van der Waals surface area (Å²) in [4.78, 5) is 18.0. The molecule has 0 spiro atoms. The van der Waals surface area contributed by atoms with E-state index in [1.54, 1.807) is 11.3 Å². The van der Waals surface area contributed by atoms with Gasteiger partial charge >= 0.3 is 5.97 Å². The first-order valence-corrected chi connectivity index (χ1v) is 8.49. The topological polar surface area (TPSA) is 54.5 Å². The van der Waals surface area contributed by atoms with E-state index in [2.05, 4.69) is 27.0 Å². The molecule has 0 bridgehead atoms. The molecule has 2 heterocycles. The summed E-state index contributed by atoms with van der Waals surface area (Å²) in [5.41, 5.74) is 0.965. The molecule has 0 atom stereocenters. The maximum Gasteiger partial charge on any atom is 0.305 e. The van der Waals surface area contributed by atoms with E-state index in [0.29, 0.717) is 12.8 Å². The van der Waals surface area contributed by atoms with Gasteiger partial charge in [0.15, 0.2) is 5.13 Å². The molecule has 21 heavy (non-hydrogen) atoms. The zero-order valence-electron chi connectivity index (χ0n) is 12.9. The molecular weight excluding hydrogens is 286 g/mol. The molecule has 1 fully saturated rings. The van der Waals surface area contributed by atoms with E-state index >= 15 is 0 Å². The summed E-state index contributed by atoms with van der Waals surface area (Å²) < 4.78 is 4.64. The van der Waals surface area contributed by atoms with Gasteiger partial charge in [0.05, 0.1) is 19.2 Å². The Labute approximate surface area is 130 Å². The van der Waals surface area contributed by atoms with Gasteiger partial charge in [-0.15, -0.1) is 11.3 Å². The van der Waals surface area contributed by atoms with Crippen LogP contribution < -0.4 is 5.32 Å². The van der Waals surface area contributed by atoms with E-state index in [0.717, 1.165) is 23.3 Å². The van der Waals surface area contributed by atoms with Gasteiger partial charge < -0.3 is 15.0 Å². The summed E-state index contributed by atoms with van der Waals surface area (Å²) in [7, 11) is 3.61. The molecule has 118 valence electrons. The number of methoxy groups -OCH3 is 1. The van der Waals surface area contributed by atoms with Gasteiger partial charge in [0.2, 0.25) is 0 Å². The zero-order valence-corrected chi connectivity index (χ0v) is 13.7. The number of carbonyl (C=O) groups is 1. The van der Waals surface area contributed by atoms with Crippen molar-refractivity contribution in [3.8, 4) is 0 Å². The maximum atomic E-state index is 11.1. The Balaban J connectivity index is 1.64. The van der Waals surface area contributed by atoms with Crippen molar-refractivity contribution in [1.29, 1.82) is 0 Å². The van der Waals surface area contributed by atoms with Crippen LogP contribution >= 0.6 is 11.3 Å². The molecule has 5 nitrogen and oxygen atoms in total. The largest absolute Gasteiger partial charge is 0.469 e. The fraction of sp³-hybridized carbons (Fsp3) is 0.733. The minimum Gasteiger partial charge on any atom is -0.469 e. The number of ether oxygens (including phenoxy) is 1. The van der Waals surface area contributed by atoms with Gasteiger partial charge in [-0.1, -0.05) is 0 Å². The monoisotopic (exact) mass is 311 g/mol. The summed E-state index contributed by atoms with van der Waals surface area (Å²) in [6, 6.07) is 0. The first-order chi connectivity index (χ1) is 10.2. The molecule has 1 saturated heterocycles. The van der Waals surface area contributed by atoms with Crippen molar-refractivity contribution in [2.75, 3.05) is 39.1 Å². The molecule has 0 unspecified atom stereocenters. The van der Waals surface area contributed by atoms with Crippen LogP contribution in [-0.4, -0.2) is 49.6 Å². The standard InChI is InChI=1S/C15H25N3O2S/c1-18-9-6-12(7-10-18)5-8-16-15-17-13(11-21-15)3-4-14(19)20-2/h11-12H,3-10H2,1-2H3,(H,16,17). The lowest BCUT2D eigenvalue weighted by Crippen LogP contribution is -2.30. The molecule has 0 aromatic carbocycles. The summed E-state index contributed by atoms with van der Waals surface area (Å²) in [6.45, 7) is 3.43. The summed E-state index contributed by atoms with van der Waals surface area (Å²) in [5, 5.41) is 6.38. The van der Waals surface area contributed by atoms with E-state index in [9.17, 15) is 4.79 Å². The second-order valence-corrected chi connectivity index (χ2v) is 6.54. The Hall–Kier alpha value is -1.14. The van der Waals surface area contributed by atoms with Crippen LogP contribution in [0.25, 0.3) is 0 Å². The molecule has 6 heteroatoms. The number of hydrogen-bond acceptors (Lipinski definition) is 6. The van der Waals surface area contributed by atoms with Crippen LogP contribution in [0, 0.1) is 5.92 Å². The van der Waals surface area contributed by atoms with E-state index in [1.165, 1.54) is 39.5 Å². The maximum absolute atomic E-state index is 11.1. The van der Waals surface area contributed by atoms with Crippen LogP contribution in [0.2, 0.25) is 0 Å². The fourth-order valence-corrected chi connectivity index (χ4v) is 3.34. The van der Waals surface area contributed by atoms with Crippen LogP contribution in [0.15, 0.2) is 5.38 Å². The van der Waals surface area contributed by atoms with Gasteiger partial charge in [-0.2, -0.15) is 0 Å². The Bertz CT molecular complexity index is 442. The van der Waals surface area contributed by atoms with Crippen molar-refractivity contribution in [3.05, 3.63) is 11.1 Å². The van der Waals surface area contributed by atoms with Gasteiger partial charge in [-0.05, 0) is 45.3 Å². The number of carbonyl (C=O) groups excluding carboxylic acids is 1. The lowest BCUT2D eigenvalue weighted by molar-refractivity contribution is -0.140. The quantitative estimate of drug-likeness (QED) is 0.784. The van der Waals surface area contributed by atoms with E-state index in [-0.39, 0.29) is 5.97 Å². The molecule has 1 N–H and O–H groups in total. The number of aromatic nitrogens is 1. The number of rotatable bonds is 7. The molecule has 0 amide bonds. The second-order valence-electron chi connectivity index (χ2n) is 5.68. The minimum atomic E-state index is -0.181. The van der Waals surface area contributed by atoms with Gasteiger partial charge in [-0.25, -0.2) is 4.98 Å². The van der Waals surface area contributed by atoms with Gasteiger partial charge in [0, 0.05) is 18.3 Å². The average molecular weight is 311 g/mol. The lowest BCUT2D eigenvalue weighted by Gasteiger charge is -2.28. The van der Waals surface area contributed by atoms with E-state index < -0.39 is 0 Å². The summed E-state index contributed by atoms with van der Waals surface area (Å²) in [6.07, 6.45) is 4.88. The number of anilines is 1. The molecule has 1 aliphatic heterocycles. The number of aryl methyl sites for hydroxylation is 1. The molecular formula is C15H25N3O2S. The van der Waals surface area contributed by atoms with Crippen molar-refractivity contribution in [1.82, 2.24) is 9.88 Å². The van der Waals surface area contributed by atoms with Crippen molar-refractivity contribution < 1.29 is 9.53 Å². The van der Waals surface area contributed by atoms with Crippen molar-refractivity contribution in [2.45, 2.75) is 32.1 Å². The molecule has 2 rings (SSSR count). The van der Waals surface area contributed by atoms with Gasteiger partial charge in [0.25, 0.3) is 0 Å². The highest BCUT2D eigenvalue weighted by molar-refractivity contribution is 7.13. The average Bonchev–Trinajstić information content (AvgIpc) is 2.95. The zero-order chi connectivity index (χ0) is 15.1. The highest BCUT2D eigenvalue weighted by Crippen LogP contribution is 2.21. The number of nitrogens with one attached hydrogen (secondary N) is 1. The fourth-order valence-electron chi connectivity index (χ4n) is 2.57. The Morgan fingerprint density at radius 3 is 3.00 bits per heavy atom. The molecule has 0 radical (unpaired) electrons. The third-order valence-corrected chi connectivity index (χ3v) is 4.88. The van der Waals surface area contributed by atoms with Crippen LogP contribution in [0.4, 0.5) is 5.13 Å². The van der Waals surface area contributed by atoms with E-state index in [1.807, 2.05) is 5.38 Å². The molecule has 1 aromatic heterocycles. The smallest absolute Gasteiger partial charge is 0.305 e. The van der Waals surface area contributed by atoms with Crippen LogP contribution in [0.5, 0.6) is 0 Å². The van der Waals surface area contributed by atoms with Crippen LogP contribution in [0.1, 0.15) is 31.4 Å². The first-order valence-electron chi connectivity index (χ1n) is 7.61. The Morgan fingerprint density at radius 1 is 1.52 bits per heavy atom. The molecule has 1 aliphatic rings. The van der Waals surface area contributed by atoms with Crippen LogP contribution in [-0.2, 0) is 16.0 Å². The van der Waals surface area contributed by atoms with Crippen LogP contribution in [0.3, 0.4) is 0 Å².